The summed E-state index contributed by atoms with van der Waals surface area (Å²) < 4.78 is 52.6. The third kappa shape index (κ3) is 2.85. The molecule has 1 unspecified atom stereocenters. The number of hydrogen-bond acceptors (Lipinski definition) is 3. The Balaban J connectivity index is 2.20. The number of carbonyl (C=O) groups excluding carboxylic acids is 1. The van der Waals surface area contributed by atoms with Crippen LogP contribution in [0.5, 0.6) is 0 Å². The van der Waals surface area contributed by atoms with Crippen LogP contribution in [-0.2, 0) is 4.79 Å². The summed E-state index contributed by atoms with van der Waals surface area (Å²) in [7, 11) is 0. The second kappa shape index (κ2) is 5.54. The predicted octanol–water partition coefficient (Wildman–Crippen LogP) is 0.743. The molecule has 1 fully saturated rings. The van der Waals surface area contributed by atoms with Crippen molar-refractivity contribution in [2.75, 3.05) is 25.0 Å². The van der Waals surface area contributed by atoms with E-state index >= 15 is 0 Å². The summed E-state index contributed by atoms with van der Waals surface area (Å²) in [5.74, 6) is -7.16. The zero-order valence-electron chi connectivity index (χ0n) is 9.70. The van der Waals surface area contributed by atoms with Crippen molar-refractivity contribution in [3.8, 4) is 0 Å². The lowest BCUT2D eigenvalue weighted by Crippen LogP contribution is -2.54. The molecule has 0 bridgehead atoms. The molecule has 0 spiro atoms. The summed E-state index contributed by atoms with van der Waals surface area (Å²) >= 11 is 0. The standard InChI is InChI=1S/C11H11F4N3O/c12-5-3-6(13)9(15)10(8(5)14)18-11(19)7-4-16-1-2-17-7/h3,7,16-17H,1-2,4H2,(H,18,19). The van der Waals surface area contributed by atoms with Gasteiger partial charge in [-0.3, -0.25) is 4.79 Å². The molecule has 1 saturated heterocycles. The van der Waals surface area contributed by atoms with Gasteiger partial charge in [-0.1, -0.05) is 0 Å². The number of rotatable bonds is 2. The second-order valence-electron chi connectivity index (χ2n) is 4.04. The van der Waals surface area contributed by atoms with Gasteiger partial charge in [0.05, 0.1) is 6.04 Å². The molecule has 104 valence electrons. The molecular weight excluding hydrogens is 266 g/mol. The second-order valence-corrected chi connectivity index (χ2v) is 4.04. The smallest absolute Gasteiger partial charge is 0.242 e. The molecule has 2 rings (SSSR count). The third-order valence-corrected chi connectivity index (χ3v) is 2.72. The lowest BCUT2D eigenvalue weighted by atomic mass is 10.2. The van der Waals surface area contributed by atoms with E-state index in [9.17, 15) is 22.4 Å². The zero-order valence-corrected chi connectivity index (χ0v) is 9.70. The van der Waals surface area contributed by atoms with Crippen molar-refractivity contribution in [1.29, 1.82) is 0 Å². The van der Waals surface area contributed by atoms with Gasteiger partial charge < -0.3 is 16.0 Å². The van der Waals surface area contributed by atoms with Crippen molar-refractivity contribution in [2.45, 2.75) is 6.04 Å². The minimum atomic E-state index is -1.63. The Morgan fingerprint density at radius 2 is 1.79 bits per heavy atom. The van der Waals surface area contributed by atoms with Gasteiger partial charge in [-0.15, -0.1) is 0 Å². The third-order valence-electron chi connectivity index (χ3n) is 2.72. The average molecular weight is 277 g/mol. The fourth-order valence-electron chi connectivity index (χ4n) is 1.73. The van der Waals surface area contributed by atoms with Crippen LogP contribution in [0.3, 0.4) is 0 Å². The zero-order chi connectivity index (χ0) is 14.0. The van der Waals surface area contributed by atoms with E-state index in [-0.39, 0.29) is 12.6 Å². The van der Waals surface area contributed by atoms with Crippen molar-refractivity contribution < 1.29 is 22.4 Å². The van der Waals surface area contributed by atoms with Crippen LogP contribution >= 0.6 is 0 Å². The Morgan fingerprint density at radius 1 is 1.16 bits per heavy atom. The Labute approximate surface area is 106 Å². The van der Waals surface area contributed by atoms with E-state index in [2.05, 4.69) is 10.6 Å². The Kier molecular flexibility index (Phi) is 4.01. The van der Waals surface area contributed by atoms with Crippen LogP contribution in [-0.4, -0.2) is 31.6 Å². The molecule has 1 atom stereocenters. The van der Waals surface area contributed by atoms with Crippen LogP contribution in [0.2, 0.25) is 0 Å². The largest absolute Gasteiger partial charge is 0.320 e. The van der Waals surface area contributed by atoms with Crippen molar-refractivity contribution >= 4 is 11.6 Å². The first-order valence-corrected chi connectivity index (χ1v) is 5.58. The van der Waals surface area contributed by atoms with E-state index < -0.39 is 40.9 Å². The average Bonchev–Trinajstić information content (AvgIpc) is 2.42. The molecule has 1 aliphatic heterocycles. The van der Waals surface area contributed by atoms with Crippen LogP contribution in [0, 0.1) is 23.3 Å². The molecule has 0 aromatic heterocycles. The lowest BCUT2D eigenvalue weighted by molar-refractivity contribution is -0.118. The summed E-state index contributed by atoms with van der Waals surface area (Å²) in [6.45, 7) is 1.41. The summed E-state index contributed by atoms with van der Waals surface area (Å²) in [6, 6.07) is -0.639. The van der Waals surface area contributed by atoms with E-state index in [1.54, 1.807) is 0 Å². The molecule has 1 aromatic carbocycles. The fourth-order valence-corrected chi connectivity index (χ4v) is 1.73. The summed E-state index contributed by atoms with van der Waals surface area (Å²) in [6.07, 6.45) is 0. The number of carbonyl (C=O) groups is 1. The number of anilines is 1. The quantitative estimate of drug-likeness (QED) is 0.552. The number of benzene rings is 1. The molecule has 0 radical (unpaired) electrons. The normalized spacial score (nSPS) is 19.3. The highest BCUT2D eigenvalue weighted by atomic mass is 19.2. The molecule has 19 heavy (non-hydrogen) atoms. The molecule has 1 amide bonds. The minimum absolute atomic E-state index is 0.0841. The van der Waals surface area contributed by atoms with Crippen LogP contribution in [0.1, 0.15) is 0 Å². The van der Waals surface area contributed by atoms with Gasteiger partial charge in [-0.05, 0) is 0 Å². The number of hydrogen-bond donors (Lipinski definition) is 3. The first-order valence-electron chi connectivity index (χ1n) is 5.58. The molecule has 3 N–H and O–H groups in total. The molecule has 8 heteroatoms. The van der Waals surface area contributed by atoms with Crippen molar-refractivity contribution in [1.82, 2.24) is 10.6 Å². The van der Waals surface area contributed by atoms with Gasteiger partial charge in [-0.25, -0.2) is 17.6 Å². The van der Waals surface area contributed by atoms with Gasteiger partial charge in [0.2, 0.25) is 5.91 Å². The van der Waals surface area contributed by atoms with Crippen LogP contribution in [0.25, 0.3) is 0 Å². The molecule has 1 aliphatic rings. The minimum Gasteiger partial charge on any atom is -0.320 e. The molecule has 1 aromatic rings. The number of nitrogens with one attached hydrogen (secondary N) is 3. The molecular formula is C11H11F4N3O. The van der Waals surface area contributed by atoms with Crippen LogP contribution in [0.15, 0.2) is 6.07 Å². The number of halogens is 4. The SMILES string of the molecule is O=C(Nc1c(F)c(F)cc(F)c1F)C1CNCCN1. The van der Waals surface area contributed by atoms with E-state index in [4.69, 9.17) is 0 Å². The molecule has 0 saturated carbocycles. The van der Waals surface area contributed by atoms with E-state index in [1.165, 1.54) is 0 Å². The van der Waals surface area contributed by atoms with Crippen molar-refractivity contribution in [2.24, 2.45) is 0 Å². The summed E-state index contributed by atoms with van der Waals surface area (Å²) in [5.41, 5.74) is -1.12. The maximum Gasteiger partial charge on any atom is 0.242 e. The van der Waals surface area contributed by atoms with Gasteiger partial charge in [0.25, 0.3) is 0 Å². The maximum atomic E-state index is 13.3. The Morgan fingerprint density at radius 3 is 2.32 bits per heavy atom. The number of amides is 1. The van der Waals surface area contributed by atoms with Gasteiger partial charge in [0, 0.05) is 25.7 Å². The van der Waals surface area contributed by atoms with Crippen molar-refractivity contribution in [3.05, 3.63) is 29.3 Å². The van der Waals surface area contributed by atoms with Gasteiger partial charge in [0.15, 0.2) is 23.3 Å². The highest BCUT2D eigenvalue weighted by molar-refractivity contribution is 5.95. The highest BCUT2D eigenvalue weighted by Crippen LogP contribution is 2.24. The molecule has 0 aliphatic carbocycles. The van der Waals surface area contributed by atoms with Crippen molar-refractivity contribution in [3.63, 3.8) is 0 Å². The Bertz CT molecular complexity index is 477. The number of piperazine rings is 1. The van der Waals surface area contributed by atoms with Gasteiger partial charge in [0.1, 0.15) is 5.69 Å². The van der Waals surface area contributed by atoms with E-state index in [0.29, 0.717) is 13.1 Å². The predicted molar refractivity (Wildman–Crippen MR) is 59.6 cm³/mol. The monoisotopic (exact) mass is 277 g/mol. The van der Waals surface area contributed by atoms with Crippen LogP contribution in [0.4, 0.5) is 23.2 Å². The maximum absolute atomic E-state index is 13.3. The van der Waals surface area contributed by atoms with E-state index in [0.717, 1.165) is 0 Å². The Hall–Kier alpha value is -1.67. The van der Waals surface area contributed by atoms with Crippen LogP contribution < -0.4 is 16.0 Å². The topological polar surface area (TPSA) is 53.2 Å². The first-order chi connectivity index (χ1) is 9.00. The first kappa shape index (κ1) is 13.8. The molecule has 1 heterocycles. The lowest BCUT2D eigenvalue weighted by Gasteiger charge is -2.23. The fraction of sp³-hybridized carbons (Fsp3) is 0.364. The highest BCUT2D eigenvalue weighted by Gasteiger charge is 2.25. The van der Waals surface area contributed by atoms with Gasteiger partial charge >= 0.3 is 0 Å². The summed E-state index contributed by atoms with van der Waals surface area (Å²) in [5, 5.41) is 7.55. The van der Waals surface area contributed by atoms with Gasteiger partial charge in [-0.2, -0.15) is 0 Å². The van der Waals surface area contributed by atoms with E-state index in [1.807, 2.05) is 5.32 Å². The summed E-state index contributed by atoms with van der Waals surface area (Å²) in [4.78, 5) is 11.7. The molecule has 4 nitrogen and oxygen atoms in total.